The molecule has 9 heteroatoms. The Morgan fingerprint density at radius 2 is 2.06 bits per heavy atom. The molecule has 9 nitrogen and oxygen atoms in total. The van der Waals surface area contributed by atoms with E-state index < -0.39 is 0 Å². The number of hydrazine groups is 1. The van der Waals surface area contributed by atoms with E-state index in [0.717, 1.165) is 33.8 Å². The molecule has 0 aliphatic carbocycles. The van der Waals surface area contributed by atoms with E-state index >= 15 is 0 Å². The standard InChI is InChI=1S/C24H26N8O/c1-5-10-31-14-15-13-27-23(28-16-6-7-18-19(11-16)33-30-21(18)25)29-22(15)32(31)17-8-9-26-20(12-17)24(2,3)4/h5-9,11-13H,1,10,14H2,2-4H3,(H2,25,30)(H,27,28,29). The van der Waals surface area contributed by atoms with Gasteiger partial charge in [-0.3, -0.25) is 9.99 Å². The Morgan fingerprint density at radius 3 is 2.85 bits per heavy atom. The highest BCUT2D eigenvalue weighted by molar-refractivity contribution is 5.89. The third-order valence-electron chi connectivity index (χ3n) is 5.53. The number of benzene rings is 1. The van der Waals surface area contributed by atoms with Gasteiger partial charge in [0.2, 0.25) is 5.95 Å². The first-order chi connectivity index (χ1) is 15.8. The van der Waals surface area contributed by atoms with Crippen LogP contribution in [0.1, 0.15) is 32.0 Å². The van der Waals surface area contributed by atoms with E-state index in [1.807, 2.05) is 42.7 Å². The molecule has 168 valence electrons. The van der Waals surface area contributed by atoms with Crippen molar-refractivity contribution in [2.75, 3.05) is 22.6 Å². The number of aromatic nitrogens is 4. The van der Waals surface area contributed by atoms with E-state index in [0.29, 0.717) is 30.4 Å². The highest BCUT2D eigenvalue weighted by atomic mass is 16.5. The van der Waals surface area contributed by atoms with Gasteiger partial charge in [0.1, 0.15) is 0 Å². The van der Waals surface area contributed by atoms with Gasteiger partial charge in [0, 0.05) is 53.9 Å². The molecule has 0 fully saturated rings. The van der Waals surface area contributed by atoms with Gasteiger partial charge in [0.25, 0.3) is 0 Å². The molecule has 1 aliphatic heterocycles. The van der Waals surface area contributed by atoms with E-state index in [9.17, 15) is 0 Å². The van der Waals surface area contributed by atoms with Crippen LogP contribution in [-0.2, 0) is 12.0 Å². The maximum Gasteiger partial charge on any atom is 0.229 e. The minimum Gasteiger partial charge on any atom is -0.380 e. The van der Waals surface area contributed by atoms with Crippen molar-refractivity contribution in [3.05, 3.63) is 66.6 Å². The number of pyridine rings is 1. The molecule has 1 aromatic carbocycles. The average molecular weight is 443 g/mol. The Balaban J connectivity index is 1.51. The number of rotatable bonds is 5. The largest absolute Gasteiger partial charge is 0.380 e. The number of hydrogen-bond acceptors (Lipinski definition) is 9. The summed E-state index contributed by atoms with van der Waals surface area (Å²) in [5.41, 5.74) is 10.2. The molecule has 1 aliphatic rings. The Kier molecular flexibility index (Phi) is 4.98. The molecule has 4 heterocycles. The van der Waals surface area contributed by atoms with E-state index in [1.54, 1.807) is 0 Å². The van der Waals surface area contributed by atoms with Gasteiger partial charge >= 0.3 is 0 Å². The summed E-state index contributed by atoms with van der Waals surface area (Å²) in [5.74, 6) is 1.68. The zero-order valence-corrected chi connectivity index (χ0v) is 18.9. The summed E-state index contributed by atoms with van der Waals surface area (Å²) in [5, 5.41) is 12.1. The summed E-state index contributed by atoms with van der Waals surface area (Å²) in [7, 11) is 0. The number of fused-ring (bicyclic) bond motifs is 2. The van der Waals surface area contributed by atoms with Crippen molar-refractivity contribution in [2.45, 2.75) is 32.7 Å². The lowest BCUT2D eigenvalue weighted by Crippen LogP contribution is -2.34. The topological polar surface area (TPSA) is 109 Å². The first-order valence-electron chi connectivity index (χ1n) is 10.7. The molecule has 0 saturated carbocycles. The van der Waals surface area contributed by atoms with Crippen LogP contribution in [0.15, 0.2) is 59.9 Å². The lowest BCUT2D eigenvalue weighted by Gasteiger charge is -2.29. The van der Waals surface area contributed by atoms with E-state index in [1.165, 1.54) is 0 Å². The van der Waals surface area contributed by atoms with Crippen LogP contribution < -0.4 is 16.1 Å². The molecule has 0 atom stereocenters. The lowest BCUT2D eigenvalue weighted by molar-refractivity contribution is 0.324. The molecule has 33 heavy (non-hydrogen) atoms. The summed E-state index contributed by atoms with van der Waals surface area (Å²) in [4.78, 5) is 14.0. The van der Waals surface area contributed by atoms with Crippen LogP contribution in [0, 0.1) is 0 Å². The van der Waals surface area contributed by atoms with Crippen molar-refractivity contribution in [1.29, 1.82) is 0 Å². The number of nitrogens with zero attached hydrogens (tertiary/aromatic N) is 6. The highest BCUT2D eigenvalue weighted by Gasteiger charge is 2.31. The van der Waals surface area contributed by atoms with Crippen LogP contribution in [-0.4, -0.2) is 31.7 Å². The molecule has 0 amide bonds. The van der Waals surface area contributed by atoms with Crippen molar-refractivity contribution in [1.82, 2.24) is 25.1 Å². The molecular formula is C24H26N8O. The number of anilines is 5. The SMILES string of the molecule is C=CCN1Cc2cnc(Nc3ccc4c(N)noc4c3)nc2N1c1ccnc(C(C)(C)C)c1. The van der Waals surface area contributed by atoms with E-state index in [2.05, 4.69) is 63.9 Å². The van der Waals surface area contributed by atoms with Gasteiger partial charge in [0.15, 0.2) is 17.2 Å². The van der Waals surface area contributed by atoms with Gasteiger partial charge in [-0.25, -0.2) is 9.99 Å². The molecule has 4 aromatic rings. The van der Waals surface area contributed by atoms with Gasteiger partial charge in [-0.15, -0.1) is 6.58 Å². The molecule has 0 unspecified atom stereocenters. The average Bonchev–Trinajstić information content (AvgIpc) is 3.33. The third-order valence-corrected chi connectivity index (χ3v) is 5.53. The first-order valence-corrected chi connectivity index (χ1v) is 10.7. The molecule has 0 saturated heterocycles. The maximum atomic E-state index is 5.81. The second-order valence-electron chi connectivity index (χ2n) is 9.04. The van der Waals surface area contributed by atoms with Crippen molar-refractivity contribution in [3.63, 3.8) is 0 Å². The monoisotopic (exact) mass is 442 g/mol. The highest BCUT2D eigenvalue weighted by Crippen LogP contribution is 2.37. The van der Waals surface area contributed by atoms with Gasteiger partial charge < -0.3 is 15.6 Å². The predicted molar refractivity (Wildman–Crippen MR) is 129 cm³/mol. The first kappa shape index (κ1) is 20.9. The van der Waals surface area contributed by atoms with Crippen LogP contribution in [0.2, 0.25) is 0 Å². The number of nitrogen functional groups attached to an aromatic ring is 1. The van der Waals surface area contributed by atoms with E-state index in [-0.39, 0.29) is 5.41 Å². The fraction of sp³-hybridized carbons (Fsp3) is 0.250. The smallest absolute Gasteiger partial charge is 0.229 e. The molecule has 0 radical (unpaired) electrons. The summed E-state index contributed by atoms with van der Waals surface area (Å²) in [6, 6.07) is 9.70. The maximum absolute atomic E-state index is 5.81. The van der Waals surface area contributed by atoms with Crippen LogP contribution in [0.4, 0.5) is 29.0 Å². The quantitative estimate of drug-likeness (QED) is 0.425. The number of hydrogen-bond donors (Lipinski definition) is 2. The molecule has 5 rings (SSSR count). The van der Waals surface area contributed by atoms with Gasteiger partial charge in [-0.2, -0.15) is 4.98 Å². The summed E-state index contributed by atoms with van der Waals surface area (Å²) >= 11 is 0. The fourth-order valence-electron chi connectivity index (χ4n) is 3.86. The Labute approximate surface area is 191 Å². The summed E-state index contributed by atoms with van der Waals surface area (Å²) < 4.78 is 5.27. The molecule has 3 aromatic heterocycles. The Bertz CT molecular complexity index is 1340. The summed E-state index contributed by atoms with van der Waals surface area (Å²) in [6.07, 6.45) is 5.59. The minimum absolute atomic E-state index is 0.0665. The minimum atomic E-state index is -0.0665. The molecule has 0 spiro atoms. The zero-order valence-electron chi connectivity index (χ0n) is 18.9. The van der Waals surface area contributed by atoms with Gasteiger partial charge in [-0.05, 0) is 24.3 Å². The van der Waals surface area contributed by atoms with Crippen LogP contribution in [0.25, 0.3) is 11.0 Å². The van der Waals surface area contributed by atoms with Crippen molar-refractivity contribution < 1.29 is 4.52 Å². The van der Waals surface area contributed by atoms with Crippen molar-refractivity contribution >= 4 is 39.9 Å². The van der Waals surface area contributed by atoms with Crippen molar-refractivity contribution in [2.24, 2.45) is 0 Å². The van der Waals surface area contributed by atoms with Crippen LogP contribution in [0.3, 0.4) is 0 Å². The lowest BCUT2D eigenvalue weighted by atomic mass is 9.91. The Hall–Kier alpha value is -3.98. The number of nitrogens with one attached hydrogen (secondary N) is 1. The second kappa shape index (κ2) is 7.86. The van der Waals surface area contributed by atoms with E-state index in [4.69, 9.17) is 15.2 Å². The van der Waals surface area contributed by atoms with Gasteiger partial charge in [-0.1, -0.05) is 32.0 Å². The van der Waals surface area contributed by atoms with Crippen LogP contribution in [0.5, 0.6) is 0 Å². The third kappa shape index (κ3) is 3.87. The zero-order chi connectivity index (χ0) is 23.2. The molecule has 0 bridgehead atoms. The van der Waals surface area contributed by atoms with Gasteiger partial charge in [0.05, 0.1) is 11.1 Å². The fourth-order valence-corrected chi connectivity index (χ4v) is 3.86. The molecular weight excluding hydrogens is 416 g/mol. The summed E-state index contributed by atoms with van der Waals surface area (Å²) in [6.45, 7) is 11.8. The normalized spacial score (nSPS) is 14.0. The number of nitrogens with two attached hydrogens (primary N) is 1. The second-order valence-corrected chi connectivity index (χ2v) is 9.04. The Morgan fingerprint density at radius 1 is 1.21 bits per heavy atom. The predicted octanol–water partition coefficient (Wildman–Crippen LogP) is 4.69. The van der Waals surface area contributed by atoms with Crippen LogP contribution >= 0.6 is 0 Å². The molecule has 3 N–H and O–H groups in total. The van der Waals surface area contributed by atoms with Crippen molar-refractivity contribution in [3.8, 4) is 0 Å².